The summed E-state index contributed by atoms with van der Waals surface area (Å²) in [5.74, 6) is -0.810. The van der Waals surface area contributed by atoms with Crippen LogP contribution in [0.5, 0.6) is 0 Å². The smallest absolute Gasteiger partial charge is 0.373 e. The van der Waals surface area contributed by atoms with E-state index in [1.54, 1.807) is 0 Å². The molecule has 0 amide bonds. The SMILES string of the molecule is Cc1cc(Br)ccc1-c1nc(C(C)C)c(C(=O)O)o1. The Bertz CT molecular complexity index is 632. The molecule has 0 radical (unpaired) electrons. The minimum absolute atomic E-state index is 0.000598. The van der Waals surface area contributed by atoms with E-state index in [1.165, 1.54) is 0 Å². The largest absolute Gasteiger partial charge is 0.475 e. The maximum Gasteiger partial charge on any atom is 0.373 e. The highest BCUT2D eigenvalue weighted by Crippen LogP contribution is 2.29. The lowest BCUT2D eigenvalue weighted by Gasteiger charge is -2.01. The number of carbonyl (C=O) groups is 1. The average Bonchev–Trinajstić information content (AvgIpc) is 2.73. The van der Waals surface area contributed by atoms with Gasteiger partial charge in [0, 0.05) is 10.0 Å². The second kappa shape index (κ2) is 5.17. The summed E-state index contributed by atoms with van der Waals surface area (Å²) < 4.78 is 6.38. The first-order valence-electron chi connectivity index (χ1n) is 5.90. The molecule has 1 aromatic carbocycles. The van der Waals surface area contributed by atoms with Crippen molar-refractivity contribution in [2.45, 2.75) is 26.7 Å². The topological polar surface area (TPSA) is 63.3 Å². The first-order valence-corrected chi connectivity index (χ1v) is 6.70. The monoisotopic (exact) mass is 323 g/mol. The van der Waals surface area contributed by atoms with Crippen LogP contribution in [0.15, 0.2) is 27.1 Å². The maximum atomic E-state index is 11.2. The second-order valence-electron chi connectivity index (χ2n) is 4.65. The molecule has 100 valence electrons. The van der Waals surface area contributed by atoms with Crippen LogP contribution in [-0.2, 0) is 0 Å². The summed E-state index contributed by atoms with van der Waals surface area (Å²) in [6.07, 6.45) is 0. The van der Waals surface area contributed by atoms with Crippen LogP contribution in [0.25, 0.3) is 11.5 Å². The molecule has 0 spiro atoms. The van der Waals surface area contributed by atoms with Gasteiger partial charge in [-0.2, -0.15) is 0 Å². The Morgan fingerprint density at radius 1 is 1.42 bits per heavy atom. The van der Waals surface area contributed by atoms with Crippen molar-refractivity contribution < 1.29 is 14.3 Å². The van der Waals surface area contributed by atoms with E-state index in [0.717, 1.165) is 15.6 Å². The Morgan fingerprint density at radius 3 is 2.58 bits per heavy atom. The van der Waals surface area contributed by atoms with E-state index in [1.807, 2.05) is 39.0 Å². The quantitative estimate of drug-likeness (QED) is 0.917. The zero-order valence-electron chi connectivity index (χ0n) is 10.9. The lowest BCUT2D eigenvalue weighted by molar-refractivity contribution is 0.0661. The Labute approximate surface area is 119 Å². The Kier molecular flexibility index (Phi) is 3.75. The molecule has 19 heavy (non-hydrogen) atoms. The van der Waals surface area contributed by atoms with Crippen LogP contribution in [0.1, 0.15) is 41.6 Å². The third-order valence-corrected chi connectivity index (χ3v) is 3.31. The number of halogens is 1. The number of carboxylic acids is 1. The van der Waals surface area contributed by atoms with Gasteiger partial charge in [0.2, 0.25) is 11.7 Å². The van der Waals surface area contributed by atoms with Crippen molar-refractivity contribution in [1.82, 2.24) is 4.98 Å². The van der Waals surface area contributed by atoms with Crippen LogP contribution >= 0.6 is 15.9 Å². The molecule has 0 saturated heterocycles. The average molecular weight is 324 g/mol. The summed E-state index contributed by atoms with van der Waals surface area (Å²) in [5.41, 5.74) is 2.25. The highest BCUT2D eigenvalue weighted by atomic mass is 79.9. The lowest BCUT2D eigenvalue weighted by Crippen LogP contribution is -2.01. The van der Waals surface area contributed by atoms with Gasteiger partial charge in [-0.15, -0.1) is 0 Å². The van der Waals surface area contributed by atoms with Gasteiger partial charge in [-0.05, 0) is 36.6 Å². The number of rotatable bonds is 3. The molecule has 0 aliphatic carbocycles. The van der Waals surface area contributed by atoms with Crippen LogP contribution in [-0.4, -0.2) is 16.1 Å². The molecule has 0 aliphatic heterocycles. The molecule has 0 fully saturated rings. The van der Waals surface area contributed by atoms with Gasteiger partial charge in [0.15, 0.2) is 0 Å². The zero-order chi connectivity index (χ0) is 14.2. The van der Waals surface area contributed by atoms with Gasteiger partial charge in [0.05, 0.1) is 5.69 Å². The minimum Gasteiger partial charge on any atom is -0.475 e. The van der Waals surface area contributed by atoms with E-state index < -0.39 is 5.97 Å². The van der Waals surface area contributed by atoms with Crippen molar-refractivity contribution in [3.8, 4) is 11.5 Å². The molecule has 2 aromatic rings. The van der Waals surface area contributed by atoms with Crippen molar-refractivity contribution in [3.63, 3.8) is 0 Å². The van der Waals surface area contributed by atoms with Crippen LogP contribution < -0.4 is 0 Å². The van der Waals surface area contributed by atoms with Crippen molar-refractivity contribution in [1.29, 1.82) is 0 Å². The van der Waals surface area contributed by atoms with Gasteiger partial charge in [-0.3, -0.25) is 0 Å². The Balaban J connectivity index is 2.57. The standard InChI is InChI=1S/C14H14BrNO3/c1-7(2)11-12(14(17)18)19-13(16-11)10-5-4-9(15)6-8(10)3/h4-7H,1-3H3,(H,17,18). The van der Waals surface area contributed by atoms with Gasteiger partial charge < -0.3 is 9.52 Å². The van der Waals surface area contributed by atoms with E-state index in [4.69, 9.17) is 9.52 Å². The molecule has 0 unspecified atom stereocenters. The lowest BCUT2D eigenvalue weighted by atomic mass is 10.1. The first-order chi connectivity index (χ1) is 8.90. The highest BCUT2D eigenvalue weighted by molar-refractivity contribution is 9.10. The number of oxazole rings is 1. The summed E-state index contributed by atoms with van der Waals surface area (Å²) in [6.45, 7) is 5.71. The van der Waals surface area contributed by atoms with E-state index in [9.17, 15) is 4.79 Å². The minimum atomic E-state index is -1.09. The van der Waals surface area contributed by atoms with Crippen LogP contribution in [0.2, 0.25) is 0 Å². The van der Waals surface area contributed by atoms with Gasteiger partial charge in [0.25, 0.3) is 0 Å². The van der Waals surface area contributed by atoms with Gasteiger partial charge >= 0.3 is 5.97 Å². The number of aryl methyl sites for hydroxylation is 1. The molecule has 1 aromatic heterocycles. The van der Waals surface area contributed by atoms with Gasteiger partial charge in [0.1, 0.15) is 0 Å². The molecule has 1 N–H and O–H groups in total. The number of aromatic carboxylic acids is 1. The number of carboxylic acid groups (broad SMARTS) is 1. The van der Waals surface area contributed by atoms with Crippen LogP contribution in [0.4, 0.5) is 0 Å². The predicted molar refractivity (Wildman–Crippen MR) is 75.4 cm³/mol. The van der Waals surface area contributed by atoms with Crippen LogP contribution in [0, 0.1) is 6.92 Å². The van der Waals surface area contributed by atoms with Crippen molar-refractivity contribution in [2.75, 3.05) is 0 Å². The summed E-state index contributed by atoms with van der Waals surface area (Å²) in [6, 6.07) is 5.68. The molecule has 0 bridgehead atoms. The van der Waals surface area contributed by atoms with E-state index in [2.05, 4.69) is 20.9 Å². The maximum absolute atomic E-state index is 11.2. The summed E-state index contributed by atoms with van der Waals surface area (Å²) in [5, 5.41) is 9.15. The molecule has 0 atom stereocenters. The molecule has 1 heterocycles. The zero-order valence-corrected chi connectivity index (χ0v) is 12.5. The van der Waals surface area contributed by atoms with E-state index in [0.29, 0.717) is 11.6 Å². The highest BCUT2D eigenvalue weighted by Gasteiger charge is 2.23. The van der Waals surface area contributed by atoms with Crippen molar-refractivity contribution in [3.05, 3.63) is 39.7 Å². The molecule has 0 aliphatic rings. The fourth-order valence-electron chi connectivity index (χ4n) is 1.86. The van der Waals surface area contributed by atoms with Gasteiger partial charge in [-0.1, -0.05) is 29.8 Å². The Morgan fingerprint density at radius 2 is 2.11 bits per heavy atom. The van der Waals surface area contributed by atoms with Crippen LogP contribution in [0.3, 0.4) is 0 Å². The summed E-state index contributed by atoms with van der Waals surface area (Å²) >= 11 is 3.39. The fraction of sp³-hybridized carbons (Fsp3) is 0.286. The normalized spacial score (nSPS) is 11.0. The first kappa shape index (κ1) is 13.8. The number of nitrogens with zero attached hydrogens (tertiary/aromatic N) is 1. The number of hydrogen-bond donors (Lipinski definition) is 1. The van der Waals surface area contributed by atoms with E-state index in [-0.39, 0.29) is 11.7 Å². The molecule has 2 rings (SSSR count). The third-order valence-electron chi connectivity index (χ3n) is 2.81. The molecule has 4 nitrogen and oxygen atoms in total. The molecular weight excluding hydrogens is 310 g/mol. The third kappa shape index (κ3) is 2.71. The molecular formula is C14H14BrNO3. The van der Waals surface area contributed by atoms with E-state index >= 15 is 0 Å². The predicted octanol–water partition coefficient (Wildman–Crippen LogP) is 4.23. The fourth-order valence-corrected chi connectivity index (χ4v) is 2.33. The molecule has 0 saturated carbocycles. The second-order valence-corrected chi connectivity index (χ2v) is 5.57. The summed E-state index contributed by atoms with van der Waals surface area (Å²) in [7, 11) is 0. The Hall–Kier alpha value is -1.62. The number of aromatic nitrogens is 1. The number of hydrogen-bond acceptors (Lipinski definition) is 3. The van der Waals surface area contributed by atoms with Crippen molar-refractivity contribution in [2.24, 2.45) is 0 Å². The summed E-state index contributed by atoms with van der Waals surface area (Å²) in [4.78, 5) is 15.5. The van der Waals surface area contributed by atoms with Gasteiger partial charge in [-0.25, -0.2) is 9.78 Å². The number of benzene rings is 1. The molecule has 5 heteroatoms. The van der Waals surface area contributed by atoms with Crippen molar-refractivity contribution >= 4 is 21.9 Å².